The summed E-state index contributed by atoms with van der Waals surface area (Å²) in [5, 5.41) is 11.8. The number of aliphatic hydroxyl groups excluding tert-OH is 1. The second kappa shape index (κ2) is 4.88. The fourth-order valence-corrected chi connectivity index (χ4v) is 2.41. The molecule has 2 aromatic rings. The molecule has 1 aromatic carbocycles. The number of halogens is 1. The standard InChI is InChI=1S/C11H10BrNOS/c12-9-4-2-1-3-8(9)5-11(14)10-6-15-7-13-10/h1-4,6-7,11,14H,5H2. The Hall–Kier alpha value is -0.710. The van der Waals surface area contributed by atoms with Gasteiger partial charge >= 0.3 is 0 Å². The van der Waals surface area contributed by atoms with E-state index in [0.717, 1.165) is 15.7 Å². The monoisotopic (exact) mass is 283 g/mol. The molecule has 2 nitrogen and oxygen atoms in total. The first kappa shape index (κ1) is 10.8. The van der Waals surface area contributed by atoms with Gasteiger partial charge < -0.3 is 5.11 Å². The number of thiazole rings is 1. The molecule has 78 valence electrons. The Kier molecular flexibility index (Phi) is 3.51. The van der Waals surface area contributed by atoms with Crippen molar-refractivity contribution in [3.8, 4) is 0 Å². The third-order valence-electron chi connectivity index (χ3n) is 2.16. The highest BCUT2D eigenvalue weighted by molar-refractivity contribution is 9.10. The van der Waals surface area contributed by atoms with Crippen molar-refractivity contribution < 1.29 is 5.11 Å². The molecule has 2 rings (SSSR count). The van der Waals surface area contributed by atoms with Gasteiger partial charge in [-0.25, -0.2) is 4.98 Å². The number of aliphatic hydroxyl groups is 1. The minimum absolute atomic E-state index is 0.519. The van der Waals surface area contributed by atoms with E-state index in [1.807, 2.05) is 29.6 Å². The molecule has 0 aliphatic rings. The summed E-state index contributed by atoms with van der Waals surface area (Å²) in [4.78, 5) is 4.10. The molecule has 0 aliphatic carbocycles. The molecular formula is C11H10BrNOS. The van der Waals surface area contributed by atoms with Crippen molar-refractivity contribution in [1.29, 1.82) is 0 Å². The quantitative estimate of drug-likeness (QED) is 0.939. The van der Waals surface area contributed by atoms with Gasteiger partial charge in [-0.3, -0.25) is 0 Å². The van der Waals surface area contributed by atoms with Crippen molar-refractivity contribution in [2.45, 2.75) is 12.5 Å². The normalized spacial score (nSPS) is 12.7. The van der Waals surface area contributed by atoms with Crippen LogP contribution in [0.4, 0.5) is 0 Å². The second-order valence-corrected chi connectivity index (χ2v) is 4.80. The van der Waals surface area contributed by atoms with Gasteiger partial charge in [0.25, 0.3) is 0 Å². The van der Waals surface area contributed by atoms with Crippen LogP contribution in [0.25, 0.3) is 0 Å². The largest absolute Gasteiger partial charge is 0.386 e. The number of rotatable bonds is 3. The minimum atomic E-state index is -0.519. The second-order valence-electron chi connectivity index (χ2n) is 3.22. The lowest BCUT2D eigenvalue weighted by molar-refractivity contribution is 0.174. The zero-order valence-electron chi connectivity index (χ0n) is 7.93. The first-order chi connectivity index (χ1) is 7.27. The average Bonchev–Trinajstić information content (AvgIpc) is 2.74. The van der Waals surface area contributed by atoms with Crippen molar-refractivity contribution in [3.05, 3.63) is 50.9 Å². The topological polar surface area (TPSA) is 33.1 Å². The summed E-state index contributed by atoms with van der Waals surface area (Å²) in [6.07, 6.45) is 0.0699. The van der Waals surface area contributed by atoms with Crippen LogP contribution in [-0.4, -0.2) is 10.1 Å². The van der Waals surface area contributed by atoms with Crippen molar-refractivity contribution in [2.24, 2.45) is 0 Å². The van der Waals surface area contributed by atoms with E-state index in [9.17, 15) is 5.11 Å². The molecule has 1 N–H and O–H groups in total. The highest BCUT2D eigenvalue weighted by atomic mass is 79.9. The SMILES string of the molecule is OC(Cc1ccccc1Br)c1cscn1. The molecule has 0 saturated carbocycles. The van der Waals surface area contributed by atoms with Gasteiger partial charge in [0, 0.05) is 16.3 Å². The predicted molar refractivity (Wildman–Crippen MR) is 64.9 cm³/mol. The molecule has 1 heterocycles. The van der Waals surface area contributed by atoms with Gasteiger partial charge in [0.1, 0.15) is 6.10 Å². The van der Waals surface area contributed by atoms with Gasteiger partial charge in [0.15, 0.2) is 0 Å². The first-order valence-electron chi connectivity index (χ1n) is 4.57. The van der Waals surface area contributed by atoms with Crippen LogP contribution in [0.3, 0.4) is 0 Å². The fourth-order valence-electron chi connectivity index (χ4n) is 1.36. The Bertz CT molecular complexity index is 430. The Morgan fingerprint density at radius 1 is 1.40 bits per heavy atom. The van der Waals surface area contributed by atoms with E-state index in [1.165, 1.54) is 11.3 Å². The molecule has 0 bridgehead atoms. The molecule has 15 heavy (non-hydrogen) atoms. The average molecular weight is 284 g/mol. The first-order valence-corrected chi connectivity index (χ1v) is 6.30. The molecule has 0 amide bonds. The molecule has 0 aliphatic heterocycles. The Balaban J connectivity index is 2.13. The summed E-state index contributed by atoms with van der Waals surface area (Å²) in [5.41, 5.74) is 3.58. The van der Waals surface area contributed by atoms with E-state index in [2.05, 4.69) is 20.9 Å². The lowest BCUT2D eigenvalue weighted by Gasteiger charge is -2.09. The number of hydrogen-bond donors (Lipinski definition) is 1. The van der Waals surface area contributed by atoms with E-state index < -0.39 is 6.10 Å². The van der Waals surface area contributed by atoms with Crippen molar-refractivity contribution in [2.75, 3.05) is 0 Å². The highest BCUT2D eigenvalue weighted by Crippen LogP contribution is 2.23. The zero-order valence-corrected chi connectivity index (χ0v) is 10.3. The summed E-state index contributed by atoms with van der Waals surface area (Å²) in [5.74, 6) is 0. The maximum absolute atomic E-state index is 9.91. The van der Waals surface area contributed by atoms with Crippen LogP contribution in [-0.2, 0) is 6.42 Å². The predicted octanol–water partition coefficient (Wildman–Crippen LogP) is 3.18. The smallest absolute Gasteiger partial charge is 0.101 e. The highest BCUT2D eigenvalue weighted by Gasteiger charge is 2.11. The molecule has 0 fully saturated rings. The summed E-state index contributed by atoms with van der Waals surface area (Å²) in [6.45, 7) is 0. The van der Waals surface area contributed by atoms with E-state index in [1.54, 1.807) is 5.51 Å². The Labute approximate surface area is 101 Å². The van der Waals surface area contributed by atoms with Crippen molar-refractivity contribution >= 4 is 27.3 Å². The van der Waals surface area contributed by atoms with Crippen LogP contribution in [0.5, 0.6) is 0 Å². The third kappa shape index (κ3) is 2.65. The Morgan fingerprint density at radius 2 is 2.20 bits per heavy atom. The summed E-state index contributed by atoms with van der Waals surface area (Å²) >= 11 is 4.96. The molecule has 4 heteroatoms. The molecule has 0 radical (unpaired) electrons. The van der Waals surface area contributed by atoms with Crippen molar-refractivity contribution in [1.82, 2.24) is 4.98 Å². The number of benzene rings is 1. The number of aromatic nitrogens is 1. The maximum atomic E-state index is 9.91. The number of hydrogen-bond acceptors (Lipinski definition) is 3. The van der Waals surface area contributed by atoms with Gasteiger partial charge in [0.05, 0.1) is 11.2 Å². The molecule has 1 atom stereocenters. The van der Waals surface area contributed by atoms with Crippen LogP contribution in [0.15, 0.2) is 39.6 Å². The van der Waals surface area contributed by atoms with E-state index in [-0.39, 0.29) is 0 Å². The Morgan fingerprint density at radius 3 is 2.87 bits per heavy atom. The zero-order chi connectivity index (χ0) is 10.7. The van der Waals surface area contributed by atoms with Gasteiger partial charge in [-0.1, -0.05) is 34.1 Å². The summed E-state index contributed by atoms with van der Waals surface area (Å²) in [7, 11) is 0. The summed E-state index contributed by atoms with van der Waals surface area (Å²) < 4.78 is 1.03. The maximum Gasteiger partial charge on any atom is 0.101 e. The van der Waals surface area contributed by atoms with Crippen LogP contribution in [0.1, 0.15) is 17.4 Å². The summed E-state index contributed by atoms with van der Waals surface area (Å²) in [6, 6.07) is 7.90. The lowest BCUT2D eigenvalue weighted by Crippen LogP contribution is -2.02. The van der Waals surface area contributed by atoms with E-state index in [4.69, 9.17) is 0 Å². The fraction of sp³-hybridized carbons (Fsp3) is 0.182. The van der Waals surface area contributed by atoms with Crippen molar-refractivity contribution in [3.63, 3.8) is 0 Å². The molecule has 1 aromatic heterocycles. The number of nitrogens with zero attached hydrogens (tertiary/aromatic N) is 1. The van der Waals surface area contributed by atoms with E-state index in [0.29, 0.717) is 6.42 Å². The lowest BCUT2D eigenvalue weighted by atomic mass is 10.1. The molecule has 0 spiro atoms. The van der Waals surface area contributed by atoms with E-state index >= 15 is 0 Å². The van der Waals surface area contributed by atoms with Gasteiger partial charge in [-0.15, -0.1) is 11.3 Å². The van der Waals surface area contributed by atoms with Crippen LogP contribution >= 0.6 is 27.3 Å². The third-order valence-corrected chi connectivity index (χ3v) is 3.54. The van der Waals surface area contributed by atoms with Crippen LogP contribution < -0.4 is 0 Å². The van der Waals surface area contributed by atoms with Crippen LogP contribution in [0, 0.1) is 0 Å². The minimum Gasteiger partial charge on any atom is -0.386 e. The van der Waals surface area contributed by atoms with Gasteiger partial charge in [-0.2, -0.15) is 0 Å². The van der Waals surface area contributed by atoms with Gasteiger partial charge in [0.2, 0.25) is 0 Å². The molecule has 1 unspecified atom stereocenters. The van der Waals surface area contributed by atoms with Gasteiger partial charge in [-0.05, 0) is 11.6 Å². The van der Waals surface area contributed by atoms with Crippen LogP contribution in [0.2, 0.25) is 0 Å². The molecule has 0 saturated heterocycles. The molecular weight excluding hydrogens is 274 g/mol.